The molecule has 2 aliphatic rings. The van der Waals surface area contributed by atoms with Crippen LogP contribution in [0.15, 0.2) is 41.0 Å². The van der Waals surface area contributed by atoms with Gasteiger partial charge < -0.3 is 24.6 Å². The third-order valence-corrected chi connectivity index (χ3v) is 8.15. The number of carbonyl (C=O) groups is 1. The van der Waals surface area contributed by atoms with Crippen molar-refractivity contribution in [2.24, 2.45) is 11.8 Å². The first-order chi connectivity index (χ1) is 15.9. The monoisotopic (exact) mass is 482 g/mol. The predicted molar refractivity (Wildman–Crippen MR) is 122 cm³/mol. The highest BCUT2D eigenvalue weighted by atomic mass is 32.2. The minimum atomic E-state index is -3.82. The second kappa shape index (κ2) is 11.8. The van der Waals surface area contributed by atoms with Gasteiger partial charge in [0.2, 0.25) is 16.3 Å². The van der Waals surface area contributed by atoms with Gasteiger partial charge in [-0.15, -0.1) is 0 Å². The van der Waals surface area contributed by atoms with Gasteiger partial charge >= 0.3 is 0 Å². The van der Waals surface area contributed by atoms with E-state index in [9.17, 15) is 18.3 Å². The summed E-state index contributed by atoms with van der Waals surface area (Å²) in [5, 5.41) is 12.0. The SMILES string of the molecule is CNC(=O)C1=C[C@@H](C2CCCC2)C[C@@H](OCCN(CCO)S(=O)(=O)c2ccc(OC)cc2)O1. The number of rotatable bonds is 11. The highest BCUT2D eigenvalue weighted by molar-refractivity contribution is 7.89. The minimum Gasteiger partial charge on any atom is -0.497 e. The van der Waals surface area contributed by atoms with Crippen molar-refractivity contribution in [3.8, 4) is 5.75 Å². The summed E-state index contributed by atoms with van der Waals surface area (Å²) >= 11 is 0. The fourth-order valence-electron chi connectivity index (χ4n) is 4.43. The van der Waals surface area contributed by atoms with Gasteiger partial charge in [-0.05, 0) is 55.0 Å². The molecule has 1 aromatic rings. The lowest BCUT2D eigenvalue weighted by molar-refractivity contribution is -0.150. The summed E-state index contributed by atoms with van der Waals surface area (Å²) in [6.45, 7) is -0.264. The largest absolute Gasteiger partial charge is 0.497 e. The van der Waals surface area contributed by atoms with Gasteiger partial charge in [0.25, 0.3) is 5.91 Å². The van der Waals surface area contributed by atoms with Crippen molar-refractivity contribution < 1.29 is 32.5 Å². The molecule has 10 heteroatoms. The van der Waals surface area contributed by atoms with E-state index in [4.69, 9.17) is 14.2 Å². The molecule has 0 aromatic heterocycles. The number of sulfonamides is 1. The van der Waals surface area contributed by atoms with E-state index < -0.39 is 16.3 Å². The molecule has 1 saturated carbocycles. The summed E-state index contributed by atoms with van der Waals surface area (Å²) in [6.07, 6.45) is 6.52. The van der Waals surface area contributed by atoms with E-state index in [1.165, 1.54) is 36.4 Å². The maximum Gasteiger partial charge on any atom is 0.285 e. The van der Waals surface area contributed by atoms with Gasteiger partial charge in [-0.3, -0.25) is 4.79 Å². The van der Waals surface area contributed by atoms with Crippen molar-refractivity contribution in [1.29, 1.82) is 0 Å². The Kier molecular flexibility index (Phi) is 9.13. The fraction of sp³-hybridized carbons (Fsp3) is 0.609. The summed E-state index contributed by atoms with van der Waals surface area (Å²) < 4.78 is 44.0. The number of amides is 1. The number of aliphatic hydroxyl groups is 1. The van der Waals surface area contributed by atoms with Gasteiger partial charge in [-0.25, -0.2) is 8.42 Å². The quantitative estimate of drug-likeness (QED) is 0.495. The number of nitrogens with zero attached hydrogens (tertiary/aromatic N) is 1. The number of aliphatic hydroxyl groups excluding tert-OH is 1. The lowest BCUT2D eigenvalue weighted by atomic mass is 9.86. The molecule has 1 amide bonds. The van der Waals surface area contributed by atoms with Gasteiger partial charge in [0.1, 0.15) is 5.75 Å². The molecule has 0 unspecified atom stereocenters. The summed E-state index contributed by atoms with van der Waals surface area (Å²) in [6, 6.07) is 6.09. The third kappa shape index (κ3) is 6.47. The van der Waals surface area contributed by atoms with Crippen LogP contribution in [-0.4, -0.2) is 70.5 Å². The van der Waals surface area contributed by atoms with Crippen LogP contribution in [0.2, 0.25) is 0 Å². The molecule has 2 N–H and O–H groups in total. The van der Waals surface area contributed by atoms with Crippen molar-refractivity contribution >= 4 is 15.9 Å². The summed E-state index contributed by atoms with van der Waals surface area (Å²) in [7, 11) is -0.760. The Morgan fingerprint density at radius 1 is 1.21 bits per heavy atom. The molecular weight excluding hydrogens is 448 g/mol. The van der Waals surface area contributed by atoms with Gasteiger partial charge in [-0.1, -0.05) is 12.8 Å². The molecule has 0 bridgehead atoms. The molecule has 0 saturated heterocycles. The van der Waals surface area contributed by atoms with E-state index in [1.54, 1.807) is 19.2 Å². The molecule has 9 nitrogen and oxygen atoms in total. The fourth-order valence-corrected chi connectivity index (χ4v) is 5.84. The molecule has 0 spiro atoms. The van der Waals surface area contributed by atoms with Crippen LogP contribution in [0, 0.1) is 11.8 Å². The molecule has 2 atom stereocenters. The molecule has 3 rings (SSSR count). The molecule has 1 aliphatic carbocycles. The summed E-state index contributed by atoms with van der Waals surface area (Å²) in [4.78, 5) is 12.3. The molecule has 184 valence electrons. The normalized spacial score (nSPS) is 21.5. The van der Waals surface area contributed by atoms with Crippen LogP contribution in [0.5, 0.6) is 5.75 Å². The zero-order chi connectivity index (χ0) is 23.8. The summed E-state index contributed by atoms with van der Waals surface area (Å²) in [5.41, 5.74) is 0. The molecule has 33 heavy (non-hydrogen) atoms. The Bertz CT molecular complexity index is 911. The van der Waals surface area contributed by atoms with Crippen LogP contribution in [-0.2, 0) is 24.3 Å². The highest BCUT2D eigenvalue weighted by Gasteiger charge is 2.33. The number of hydrogen-bond acceptors (Lipinski definition) is 7. The van der Waals surface area contributed by atoms with Gasteiger partial charge in [0.05, 0.1) is 25.2 Å². The Hall–Kier alpha value is -2.14. The Morgan fingerprint density at radius 3 is 2.52 bits per heavy atom. The predicted octanol–water partition coefficient (Wildman–Crippen LogP) is 1.88. The molecule has 1 aliphatic heterocycles. The second-order valence-electron chi connectivity index (χ2n) is 8.28. The maximum atomic E-state index is 13.0. The topological polar surface area (TPSA) is 114 Å². The minimum absolute atomic E-state index is 0.0436. The third-order valence-electron chi connectivity index (χ3n) is 6.24. The van der Waals surface area contributed by atoms with Crippen LogP contribution in [0.1, 0.15) is 32.1 Å². The van der Waals surface area contributed by atoms with Crippen LogP contribution < -0.4 is 10.1 Å². The number of likely N-dealkylation sites (N-methyl/N-ethyl adjacent to an activating group) is 1. The standard InChI is InChI=1S/C23H34N2O7S/c1-24-23(27)21-15-18(17-5-3-4-6-17)16-22(32-21)31-14-12-25(11-13-26)33(28,29)20-9-7-19(30-2)8-10-20/h7-10,15,17-18,22,26H,3-6,11-14,16H2,1-2H3,(H,24,27)/t18-,22+/m1/s1. The Morgan fingerprint density at radius 2 is 1.91 bits per heavy atom. The van der Waals surface area contributed by atoms with E-state index in [1.807, 2.05) is 6.08 Å². The number of allylic oxidation sites excluding steroid dienone is 1. The maximum absolute atomic E-state index is 13.0. The summed E-state index contributed by atoms with van der Waals surface area (Å²) in [5.74, 6) is 1.20. The zero-order valence-electron chi connectivity index (χ0n) is 19.2. The number of benzene rings is 1. The van der Waals surface area contributed by atoms with Crippen LogP contribution in [0.25, 0.3) is 0 Å². The van der Waals surface area contributed by atoms with E-state index in [0.29, 0.717) is 18.1 Å². The lowest BCUT2D eigenvalue weighted by Crippen LogP contribution is -2.38. The van der Waals surface area contributed by atoms with Gasteiger partial charge in [0.15, 0.2) is 5.76 Å². The van der Waals surface area contributed by atoms with Gasteiger partial charge in [0, 0.05) is 26.6 Å². The average molecular weight is 483 g/mol. The van der Waals surface area contributed by atoms with Crippen molar-refractivity contribution in [3.05, 3.63) is 36.1 Å². The van der Waals surface area contributed by atoms with Crippen molar-refractivity contribution in [2.75, 3.05) is 40.5 Å². The second-order valence-corrected chi connectivity index (χ2v) is 10.2. The number of hydrogen-bond donors (Lipinski definition) is 2. The molecule has 1 heterocycles. The molecule has 1 fully saturated rings. The first-order valence-electron chi connectivity index (χ1n) is 11.4. The first-order valence-corrected chi connectivity index (χ1v) is 12.8. The molecule has 1 aromatic carbocycles. The van der Waals surface area contributed by atoms with Crippen LogP contribution >= 0.6 is 0 Å². The van der Waals surface area contributed by atoms with E-state index in [2.05, 4.69) is 5.32 Å². The molecular formula is C23H34N2O7S. The van der Waals surface area contributed by atoms with Crippen molar-refractivity contribution in [3.63, 3.8) is 0 Å². The number of carbonyl (C=O) groups excluding carboxylic acids is 1. The smallest absolute Gasteiger partial charge is 0.285 e. The van der Waals surface area contributed by atoms with E-state index >= 15 is 0 Å². The first kappa shape index (κ1) is 25.5. The number of methoxy groups -OCH3 is 1. The number of nitrogens with one attached hydrogen (secondary N) is 1. The molecule has 0 radical (unpaired) electrons. The van der Waals surface area contributed by atoms with Crippen molar-refractivity contribution in [2.45, 2.75) is 43.3 Å². The lowest BCUT2D eigenvalue weighted by Gasteiger charge is -2.32. The number of ether oxygens (including phenoxy) is 3. The van der Waals surface area contributed by atoms with Crippen LogP contribution in [0.3, 0.4) is 0 Å². The van der Waals surface area contributed by atoms with Gasteiger partial charge in [-0.2, -0.15) is 4.31 Å². The van der Waals surface area contributed by atoms with E-state index in [-0.39, 0.29) is 48.8 Å². The Labute approximate surface area is 195 Å². The van der Waals surface area contributed by atoms with E-state index in [0.717, 1.165) is 12.8 Å². The Balaban J connectivity index is 1.64. The zero-order valence-corrected chi connectivity index (χ0v) is 20.1. The average Bonchev–Trinajstić information content (AvgIpc) is 3.38. The van der Waals surface area contributed by atoms with Crippen molar-refractivity contribution in [1.82, 2.24) is 9.62 Å². The van der Waals surface area contributed by atoms with Crippen LogP contribution in [0.4, 0.5) is 0 Å². The highest BCUT2D eigenvalue weighted by Crippen LogP contribution is 2.38.